The number of anilines is 1. The molecular formula is C11H6Cl2F2N2O. The van der Waals surface area contributed by atoms with Crippen molar-refractivity contribution in [2.24, 2.45) is 0 Å². The Kier molecular flexibility index (Phi) is 3.54. The fourth-order valence-corrected chi connectivity index (χ4v) is 1.59. The first-order valence-electron chi connectivity index (χ1n) is 4.72. The van der Waals surface area contributed by atoms with Gasteiger partial charge in [0.05, 0.1) is 5.02 Å². The molecule has 1 heterocycles. The van der Waals surface area contributed by atoms with Crippen molar-refractivity contribution in [1.82, 2.24) is 4.98 Å². The molecule has 2 aromatic rings. The summed E-state index contributed by atoms with van der Waals surface area (Å²) in [6, 6.07) is 4.17. The van der Waals surface area contributed by atoms with Gasteiger partial charge >= 0.3 is 0 Å². The second kappa shape index (κ2) is 4.96. The number of benzene rings is 1. The lowest BCUT2D eigenvalue weighted by Crippen LogP contribution is -1.97. The minimum atomic E-state index is -0.874. The second-order valence-corrected chi connectivity index (χ2v) is 4.13. The van der Waals surface area contributed by atoms with E-state index < -0.39 is 11.6 Å². The van der Waals surface area contributed by atoms with Crippen LogP contribution in [0.25, 0.3) is 0 Å². The first-order chi connectivity index (χ1) is 8.47. The maximum atomic E-state index is 13.4. The zero-order valence-electron chi connectivity index (χ0n) is 8.75. The van der Waals surface area contributed by atoms with Gasteiger partial charge in [-0.05, 0) is 18.2 Å². The summed E-state index contributed by atoms with van der Waals surface area (Å²) in [6.45, 7) is 0. The molecule has 7 heteroatoms. The van der Waals surface area contributed by atoms with Crippen molar-refractivity contribution in [2.45, 2.75) is 0 Å². The Morgan fingerprint density at radius 1 is 1.11 bits per heavy atom. The molecule has 1 aromatic heterocycles. The van der Waals surface area contributed by atoms with E-state index in [2.05, 4.69) is 4.98 Å². The van der Waals surface area contributed by atoms with Gasteiger partial charge in [-0.15, -0.1) is 0 Å². The summed E-state index contributed by atoms with van der Waals surface area (Å²) in [6.07, 6.45) is 0. The highest BCUT2D eigenvalue weighted by Crippen LogP contribution is 2.33. The fraction of sp³-hybridized carbons (Fsp3) is 0. The summed E-state index contributed by atoms with van der Waals surface area (Å²) in [5.74, 6) is -1.91. The molecule has 0 aliphatic rings. The van der Waals surface area contributed by atoms with E-state index in [1.165, 1.54) is 6.07 Å². The molecule has 1 aromatic carbocycles. The molecule has 0 fully saturated rings. The van der Waals surface area contributed by atoms with E-state index in [9.17, 15) is 8.78 Å². The molecule has 94 valence electrons. The molecular weight excluding hydrogens is 285 g/mol. The monoisotopic (exact) mass is 290 g/mol. The Morgan fingerprint density at radius 3 is 2.50 bits per heavy atom. The van der Waals surface area contributed by atoms with Crippen molar-refractivity contribution in [3.8, 4) is 11.6 Å². The third-order valence-electron chi connectivity index (χ3n) is 2.03. The van der Waals surface area contributed by atoms with Crippen LogP contribution in [-0.2, 0) is 0 Å². The molecule has 2 N–H and O–H groups in total. The Labute approximate surface area is 111 Å². The number of pyridine rings is 1. The number of halogens is 4. The van der Waals surface area contributed by atoms with E-state index in [-0.39, 0.29) is 27.5 Å². The molecule has 3 nitrogen and oxygen atoms in total. The predicted octanol–water partition coefficient (Wildman–Crippen LogP) is 4.04. The maximum absolute atomic E-state index is 13.4. The standard InChI is InChI=1S/C11H6Cl2F2N2O/c12-6-4-7(13)11(17-10(6)16)18-9-2-1-5(14)3-8(9)15/h1-4H,(H2,16,17). The van der Waals surface area contributed by atoms with Crippen LogP contribution in [0.15, 0.2) is 24.3 Å². The number of hydrogen-bond donors (Lipinski definition) is 1. The van der Waals surface area contributed by atoms with Crippen LogP contribution >= 0.6 is 23.2 Å². The zero-order valence-corrected chi connectivity index (χ0v) is 10.3. The van der Waals surface area contributed by atoms with Crippen LogP contribution in [0, 0.1) is 11.6 Å². The Morgan fingerprint density at radius 2 is 1.83 bits per heavy atom. The zero-order chi connectivity index (χ0) is 13.3. The average molecular weight is 291 g/mol. The van der Waals surface area contributed by atoms with Gasteiger partial charge in [0.15, 0.2) is 11.6 Å². The highest BCUT2D eigenvalue weighted by atomic mass is 35.5. The van der Waals surface area contributed by atoms with Crippen molar-refractivity contribution in [3.05, 3.63) is 45.9 Å². The van der Waals surface area contributed by atoms with Crippen LogP contribution in [0.3, 0.4) is 0 Å². The Bertz CT molecular complexity index is 608. The van der Waals surface area contributed by atoms with Gasteiger partial charge in [0, 0.05) is 6.07 Å². The Balaban J connectivity index is 2.37. The smallest absolute Gasteiger partial charge is 0.240 e. The summed E-state index contributed by atoms with van der Waals surface area (Å²) in [5.41, 5.74) is 5.47. The van der Waals surface area contributed by atoms with E-state index >= 15 is 0 Å². The number of nitrogens with two attached hydrogens (primary N) is 1. The fourth-order valence-electron chi connectivity index (χ4n) is 1.20. The quantitative estimate of drug-likeness (QED) is 0.908. The van der Waals surface area contributed by atoms with Gasteiger partial charge in [-0.2, -0.15) is 4.98 Å². The van der Waals surface area contributed by atoms with Crippen LogP contribution in [0.1, 0.15) is 0 Å². The molecule has 0 bridgehead atoms. The van der Waals surface area contributed by atoms with Gasteiger partial charge in [0.25, 0.3) is 0 Å². The molecule has 0 unspecified atom stereocenters. The average Bonchev–Trinajstić information content (AvgIpc) is 2.29. The highest BCUT2D eigenvalue weighted by molar-refractivity contribution is 6.36. The summed E-state index contributed by atoms with van der Waals surface area (Å²) in [7, 11) is 0. The minimum absolute atomic E-state index is 0.00131. The maximum Gasteiger partial charge on any atom is 0.240 e. The lowest BCUT2D eigenvalue weighted by Gasteiger charge is -2.08. The van der Waals surface area contributed by atoms with Crippen molar-refractivity contribution in [2.75, 3.05) is 5.73 Å². The summed E-state index contributed by atoms with van der Waals surface area (Å²) in [4.78, 5) is 3.76. The molecule has 0 radical (unpaired) electrons. The number of ether oxygens (including phenoxy) is 1. The largest absolute Gasteiger partial charge is 0.434 e. The van der Waals surface area contributed by atoms with E-state index in [1.54, 1.807) is 0 Å². The van der Waals surface area contributed by atoms with Crippen LogP contribution in [0.5, 0.6) is 11.6 Å². The van der Waals surface area contributed by atoms with Crippen LogP contribution < -0.4 is 10.5 Å². The van der Waals surface area contributed by atoms with Gasteiger partial charge in [0.1, 0.15) is 16.7 Å². The number of nitrogens with zero attached hydrogens (tertiary/aromatic N) is 1. The molecule has 18 heavy (non-hydrogen) atoms. The number of rotatable bonds is 2. The third kappa shape index (κ3) is 2.63. The van der Waals surface area contributed by atoms with E-state index in [0.717, 1.165) is 12.1 Å². The van der Waals surface area contributed by atoms with Crippen molar-refractivity contribution >= 4 is 29.0 Å². The van der Waals surface area contributed by atoms with Gasteiger partial charge in [-0.25, -0.2) is 8.78 Å². The van der Waals surface area contributed by atoms with Crippen molar-refractivity contribution in [3.63, 3.8) is 0 Å². The Hall–Kier alpha value is -1.59. The summed E-state index contributed by atoms with van der Waals surface area (Å²) in [5, 5.41) is 0.227. The van der Waals surface area contributed by atoms with Crippen LogP contribution in [-0.4, -0.2) is 4.98 Å². The lowest BCUT2D eigenvalue weighted by molar-refractivity contribution is 0.424. The highest BCUT2D eigenvalue weighted by Gasteiger charge is 2.12. The normalized spacial score (nSPS) is 10.4. The lowest BCUT2D eigenvalue weighted by atomic mass is 10.3. The van der Waals surface area contributed by atoms with Gasteiger partial charge in [-0.1, -0.05) is 23.2 Å². The predicted molar refractivity (Wildman–Crippen MR) is 65.1 cm³/mol. The second-order valence-electron chi connectivity index (χ2n) is 3.32. The van der Waals surface area contributed by atoms with E-state index in [1.807, 2.05) is 0 Å². The molecule has 0 aliphatic heterocycles. The molecule has 0 saturated carbocycles. The SMILES string of the molecule is Nc1nc(Oc2ccc(F)cc2F)c(Cl)cc1Cl. The number of nitrogen functional groups attached to an aromatic ring is 1. The molecule has 0 saturated heterocycles. The van der Waals surface area contributed by atoms with Gasteiger partial charge in [0.2, 0.25) is 5.88 Å². The number of hydrogen-bond acceptors (Lipinski definition) is 3. The molecule has 0 amide bonds. The molecule has 2 rings (SSSR count). The van der Waals surface area contributed by atoms with Gasteiger partial charge < -0.3 is 10.5 Å². The van der Waals surface area contributed by atoms with Crippen LogP contribution in [0.4, 0.5) is 14.6 Å². The summed E-state index contributed by atoms with van der Waals surface area (Å²) < 4.78 is 31.2. The minimum Gasteiger partial charge on any atom is -0.434 e. The third-order valence-corrected chi connectivity index (χ3v) is 2.60. The first-order valence-corrected chi connectivity index (χ1v) is 5.47. The van der Waals surface area contributed by atoms with E-state index in [0.29, 0.717) is 6.07 Å². The van der Waals surface area contributed by atoms with E-state index in [4.69, 9.17) is 33.7 Å². The summed E-state index contributed by atoms with van der Waals surface area (Å²) >= 11 is 11.5. The van der Waals surface area contributed by atoms with Gasteiger partial charge in [-0.3, -0.25) is 0 Å². The molecule has 0 spiro atoms. The van der Waals surface area contributed by atoms with Crippen molar-refractivity contribution < 1.29 is 13.5 Å². The van der Waals surface area contributed by atoms with Crippen molar-refractivity contribution in [1.29, 1.82) is 0 Å². The molecule has 0 aliphatic carbocycles. The topological polar surface area (TPSA) is 48.1 Å². The van der Waals surface area contributed by atoms with Crippen LogP contribution in [0.2, 0.25) is 10.0 Å². The number of aromatic nitrogens is 1. The molecule has 0 atom stereocenters. The first kappa shape index (κ1) is 12.9.